The number of benzene rings is 1. The Morgan fingerprint density at radius 1 is 0.974 bits per heavy atom. The molecule has 77 heavy (non-hydrogen) atoms. The molecule has 8 aliphatic heterocycles. The first kappa shape index (κ1) is 52.0. The van der Waals surface area contributed by atoms with E-state index in [0.29, 0.717) is 103 Å². The summed E-state index contributed by atoms with van der Waals surface area (Å²) in [6.07, 6.45) is 11.4. The van der Waals surface area contributed by atoms with Gasteiger partial charge in [0, 0.05) is 97.0 Å². The van der Waals surface area contributed by atoms with Crippen molar-refractivity contribution in [1.82, 2.24) is 40.1 Å². The maximum absolute atomic E-state index is 15.4. The first-order chi connectivity index (χ1) is 37.3. The maximum Gasteiger partial charge on any atom is 0.324 e. The van der Waals surface area contributed by atoms with Gasteiger partial charge in [0.1, 0.15) is 22.7 Å². The molecule has 2 N–H and O–H groups in total. The van der Waals surface area contributed by atoms with E-state index in [0.717, 1.165) is 94.5 Å². The van der Waals surface area contributed by atoms with Crippen LogP contribution in [0.3, 0.4) is 0 Å². The summed E-state index contributed by atoms with van der Waals surface area (Å²) in [4.78, 5) is 60.2. The molecule has 3 aromatic heterocycles. The summed E-state index contributed by atoms with van der Waals surface area (Å²) in [5, 5.41) is 8.77. The second-order valence-corrected chi connectivity index (χ2v) is 26.0. The Morgan fingerprint density at radius 2 is 1.77 bits per heavy atom. The fourth-order valence-electron chi connectivity index (χ4n) is 14.1. The summed E-state index contributed by atoms with van der Waals surface area (Å²) in [6.45, 7) is 16.4. The van der Waals surface area contributed by atoms with Gasteiger partial charge in [-0.15, -0.1) is 11.3 Å². The third-order valence-corrected chi connectivity index (χ3v) is 19.8. The number of cyclic esters (lactones) is 1. The number of rotatable bonds is 12. The number of fused-ring (bicyclic) bond motifs is 7. The number of nitrogens with zero attached hydrogens (tertiary/aromatic N) is 6. The van der Waals surface area contributed by atoms with E-state index in [1.54, 1.807) is 12.1 Å². The van der Waals surface area contributed by atoms with E-state index in [2.05, 4.69) is 81.7 Å². The number of hydrazine groups is 1. The highest BCUT2D eigenvalue weighted by Crippen LogP contribution is 2.53. The number of carbonyl (C=O) groups is 3. The Kier molecular flexibility index (Phi) is 13.9. The SMILES string of the molecule is CO[C@@H](C)c1ncc(C2CCN(C3CC3)CC2)cc1-c1c2c3cc(ccc3n1CCOC1CCOCC1)-c1csc(n1)[C@@H](N1CC3(COC3)C1)[C@H](NC(=O)C13CC(C1)[C@@H](C)O3)C(=O)N1CCC[C@H](N1)C(=O)OCC(C)(C)C2. The van der Waals surface area contributed by atoms with Crippen LogP contribution in [0.25, 0.3) is 33.4 Å². The predicted molar refractivity (Wildman–Crippen MR) is 290 cm³/mol. The zero-order valence-corrected chi connectivity index (χ0v) is 46.5. The minimum absolute atomic E-state index is 0.00531. The van der Waals surface area contributed by atoms with Gasteiger partial charge in [-0.3, -0.25) is 29.3 Å². The molecule has 9 fully saturated rings. The molecule has 2 amide bonds. The molecule has 7 saturated heterocycles. The van der Waals surface area contributed by atoms with Crippen LogP contribution in [0.2, 0.25) is 0 Å². The zero-order chi connectivity index (χ0) is 52.8. The molecule has 2 aliphatic carbocycles. The molecule has 17 nitrogen and oxygen atoms in total. The van der Waals surface area contributed by atoms with E-state index in [9.17, 15) is 9.59 Å². The van der Waals surface area contributed by atoms with Crippen molar-refractivity contribution in [2.45, 2.75) is 159 Å². The van der Waals surface area contributed by atoms with E-state index in [4.69, 9.17) is 38.4 Å². The monoisotopic (exact) mass is 1070 g/mol. The smallest absolute Gasteiger partial charge is 0.324 e. The number of pyridine rings is 1. The highest BCUT2D eigenvalue weighted by atomic mass is 32.1. The molecule has 1 aromatic carbocycles. The lowest BCUT2D eigenvalue weighted by Gasteiger charge is -2.58. The summed E-state index contributed by atoms with van der Waals surface area (Å²) in [5.74, 6) is -0.274. The van der Waals surface area contributed by atoms with Crippen molar-refractivity contribution >= 4 is 40.0 Å². The normalized spacial score (nSPS) is 30.4. The number of hydrogen-bond acceptors (Lipinski definition) is 15. The molecule has 11 heterocycles. The highest BCUT2D eigenvalue weighted by molar-refractivity contribution is 7.10. The Bertz CT molecular complexity index is 2870. The Balaban J connectivity index is 0.949. The number of carbonyl (C=O) groups excluding carboxylic acids is 3. The number of aromatic nitrogens is 3. The first-order valence-electron chi connectivity index (χ1n) is 28.9. The van der Waals surface area contributed by atoms with E-state index in [1.165, 1.54) is 29.7 Å². The minimum atomic E-state index is -1.03. The standard InChI is InChI=1S/C59H78N8O9S/c1-35-40-25-59(26-40,76-35)56(70)62-50-52(65-30-58(31-65)33-73-34-58)53-61-47(29-77-53)38-8-11-48-43(23-38)45(27-57(3,4)32-75-55(69)46-7-6-16-67(63-46)54(50)68)51(66(48)19-22-74-42-14-20-72-21-15-42)44-24-39(28-60-49(44)36(2)71-5)37-12-17-64(18-13-37)41-9-10-41/h8,11,23-24,28-29,35-37,40-42,46,50,52,63H,6-7,9-10,12-22,25-27,30-34H2,1-5H3,(H,62,70)/t35-,36+,40?,46+,50+,52+,59?/m1/s1. The van der Waals surface area contributed by atoms with Crippen LogP contribution in [-0.4, -0.2) is 163 Å². The van der Waals surface area contributed by atoms with Gasteiger partial charge in [0.2, 0.25) is 0 Å². The average Bonchev–Trinajstić information content (AvgIpc) is 3.82. The number of hydrogen-bond donors (Lipinski definition) is 2. The third-order valence-electron chi connectivity index (χ3n) is 18.9. The molecule has 0 unspecified atom stereocenters. The number of thiazole rings is 1. The maximum atomic E-state index is 15.4. The van der Waals surface area contributed by atoms with Crippen LogP contribution < -0.4 is 10.7 Å². The molecule has 414 valence electrons. The van der Waals surface area contributed by atoms with E-state index in [-0.39, 0.29) is 42.1 Å². The topological polar surface area (TPSA) is 171 Å². The Hall–Kier alpha value is -4.37. The van der Waals surface area contributed by atoms with Crippen molar-refractivity contribution in [3.8, 4) is 22.5 Å². The van der Waals surface area contributed by atoms with Crippen LogP contribution in [0.4, 0.5) is 0 Å². The van der Waals surface area contributed by atoms with Crippen LogP contribution in [0.5, 0.6) is 0 Å². The second-order valence-electron chi connectivity index (χ2n) is 25.1. The van der Waals surface area contributed by atoms with Gasteiger partial charge >= 0.3 is 5.97 Å². The fraction of sp³-hybridized carbons (Fsp3) is 0.678. The largest absolute Gasteiger partial charge is 0.464 e. The van der Waals surface area contributed by atoms with E-state index in [1.807, 2.05) is 6.92 Å². The van der Waals surface area contributed by atoms with Crippen LogP contribution >= 0.6 is 11.3 Å². The molecular formula is C59H78N8O9S. The molecule has 8 bridgehead atoms. The van der Waals surface area contributed by atoms with Gasteiger partial charge in [-0.2, -0.15) is 0 Å². The highest BCUT2D eigenvalue weighted by Gasteiger charge is 2.62. The number of amides is 2. The van der Waals surface area contributed by atoms with Gasteiger partial charge in [0.15, 0.2) is 0 Å². The molecule has 0 radical (unpaired) electrons. The third kappa shape index (κ3) is 9.86. The van der Waals surface area contributed by atoms with Crippen LogP contribution in [0.1, 0.15) is 132 Å². The summed E-state index contributed by atoms with van der Waals surface area (Å²) in [7, 11) is 1.76. The Labute approximate surface area is 456 Å². The van der Waals surface area contributed by atoms with Crippen molar-refractivity contribution in [3.63, 3.8) is 0 Å². The second kappa shape index (κ2) is 20.6. The number of nitrogens with one attached hydrogen (secondary N) is 2. The minimum Gasteiger partial charge on any atom is -0.464 e. The van der Waals surface area contributed by atoms with Crippen molar-refractivity contribution < 1.29 is 42.8 Å². The van der Waals surface area contributed by atoms with Crippen molar-refractivity contribution in [3.05, 3.63) is 57.7 Å². The summed E-state index contributed by atoms with van der Waals surface area (Å²) in [5.41, 5.74) is 10.0. The van der Waals surface area contributed by atoms with Crippen molar-refractivity contribution in [2.24, 2.45) is 16.7 Å². The van der Waals surface area contributed by atoms with Gasteiger partial charge < -0.3 is 43.2 Å². The van der Waals surface area contributed by atoms with Crippen LogP contribution in [-0.2, 0) is 55.8 Å². The van der Waals surface area contributed by atoms with Gasteiger partial charge in [-0.25, -0.2) is 10.4 Å². The molecule has 2 saturated carbocycles. The van der Waals surface area contributed by atoms with E-state index < -0.39 is 35.1 Å². The first-order valence-corrected chi connectivity index (χ1v) is 29.8. The summed E-state index contributed by atoms with van der Waals surface area (Å²) in [6, 6.07) is 7.47. The summed E-state index contributed by atoms with van der Waals surface area (Å²) < 4.78 is 39.5. The molecule has 4 aromatic rings. The van der Waals surface area contributed by atoms with Gasteiger partial charge in [0.05, 0.1) is 67.9 Å². The summed E-state index contributed by atoms with van der Waals surface area (Å²) >= 11 is 1.52. The molecule has 18 heteroatoms. The lowest BCUT2D eigenvalue weighted by atomic mass is 9.72. The molecule has 14 rings (SSSR count). The Morgan fingerprint density at radius 3 is 2.48 bits per heavy atom. The number of piperidine rings is 1. The fourth-order valence-corrected chi connectivity index (χ4v) is 15.1. The zero-order valence-electron chi connectivity index (χ0n) is 45.7. The predicted octanol–water partition coefficient (Wildman–Crippen LogP) is 7.12. The molecule has 1 spiro atoms. The van der Waals surface area contributed by atoms with Gasteiger partial charge in [-0.1, -0.05) is 19.9 Å². The average molecular weight is 1080 g/mol. The quantitative estimate of drug-likeness (QED) is 0.138. The molecule has 10 aliphatic rings. The van der Waals surface area contributed by atoms with E-state index >= 15 is 4.79 Å². The molecular weight excluding hydrogens is 997 g/mol. The number of ether oxygens (including phenoxy) is 6. The van der Waals surface area contributed by atoms with Crippen LogP contribution in [0, 0.1) is 16.7 Å². The lowest BCUT2D eigenvalue weighted by molar-refractivity contribution is -0.203. The van der Waals surface area contributed by atoms with Crippen molar-refractivity contribution in [1.29, 1.82) is 0 Å². The van der Waals surface area contributed by atoms with Gasteiger partial charge in [-0.05, 0) is 139 Å². The number of methoxy groups -OCH3 is 1. The lowest BCUT2D eigenvalue weighted by Crippen LogP contribution is -2.70. The van der Waals surface area contributed by atoms with Crippen LogP contribution in [0.15, 0.2) is 35.8 Å². The van der Waals surface area contributed by atoms with Crippen molar-refractivity contribution in [2.75, 3.05) is 79.5 Å². The van der Waals surface area contributed by atoms with Gasteiger partial charge in [0.25, 0.3) is 11.8 Å². The number of likely N-dealkylation sites (tertiary alicyclic amines) is 2. The number of esters is 1. The molecule has 5 atom stereocenters.